The normalized spacial score (nSPS) is 12.1. The van der Waals surface area contributed by atoms with E-state index in [0.717, 1.165) is 24.4 Å². The van der Waals surface area contributed by atoms with Gasteiger partial charge in [0, 0.05) is 6.04 Å². The van der Waals surface area contributed by atoms with Crippen LogP contribution in [0.5, 0.6) is 0 Å². The summed E-state index contributed by atoms with van der Waals surface area (Å²) in [5.74, 6) is -0.0921. The Morgan fingerprint density at radius 2 is 2.17 bits per heavy atom. The Kier molecular flexibility index (Phi) is 4.41. The molecular formula is C13H15N3OS. The number of hydrogen-bond acceptors (Lipinski definition) is 4. The van der Waals surface area contributed by atoms with Gasteiger partial charge in [0.1, 0.15) is 4.88 Å². The molecule has 0 aliphatic rings. The summed E-state index contributed by atoms with van der Waals surface area (Å²) < 4.78 is 3.67. The zero-order valence-electron chi connectivity index (χ0n) is 10.2. The number of carbonyl (C=O) groups is 1. The quantitative estimate of drug-likeness (QED) is 0.898. The number of nitrogens with zero attached hydrogens (tertiary/aromatic N) is 2. The van der Waals surface area contributed by atoms with Crippen LogP contribution < -0.4 is 5.32 Å². The molecule has 1 N–H and O–H groups in total. The second kappa shape index (κ2) is 6.26. The molecule has 1 unspecified atom stereocenters. The highest BCUT2D eigenvalue weighted by atomic mass is 32.1. The summed E-state index contributed by atoms with van der Waals surface area (Å²) in [6, 6.07) is 10.4. The van der Waals surface area contributed by atoms with Crippen molar-refractivity contribution in [3.63, 3.8) is 0 Å². The lowest BCUT2D eigenvalue weighted by Crippen LogP contribution is -2.32. The molecule has 1 amide bonds. The first-order valence-corrected chi connectivity index (χ1v) is 6.65. The van der Waals surface area contributed by atoms with Crippen LogP contribution in [0.1, 0.15) is 28.6 Å². The van der Waals surface area contributed by atoms with Crippen molar-refractivity contribution in [2.75, 3.05) is 0 Å². The van der Waals surface area contributed by atoms with Crippen LogP contribution in [-0.2, 0) is 6.42 Å². The van der Waals surface area contributed by atoms with Gasteiger partial charge in [0.25, 0.3) is 5.91 Å². The summed E-state index contributed by atoms with van der Waals surface area (Å²) in [7, 11) is 0. The minimum Gasteiger partial charge on any atom is -0.349 e. The Hall–Kier alpha value is -1.75. The van der Waals surface area contributed by atoms with Gasteiger partial charge in [-0.05, 0) is 36.9 Å². The standard InChI is InChI=1S/C13H15N3OS/c1-10(7-8-11-5-3-2-4-6-11)15-13(17)12-9-14-16-18-12/h2-6,9-10H,7-8H2,1H3,(H,15,17). The first-order chi connectivity index (χ1) is 8.75. The van der Waals surface area contributed by atoms with Crippen LogP contribution in [0, 0.1) is 0 Å². The van der Waals surface area contributed by atoms with Crippen molar-refractivity contribution in [2.24, 2.45) is 0 Å². The zero-order valence-corrected chi connectivity index (χ0v) is 11.0. The molecule has 5 heteroatoms. The van der Waals surface area contributed by atoms with Crippen molar-refractivity contribution in [3.8, 4) is 0 Å². The van der Waals surface area contributed by atoms with Gasteiger partial charge in [-0.15, -0.1) is 5.10 Å². The summed E-state index contributed by atoms with van der Waals surface area (Å²) in [6.45, 7) is 2.01. The van der Waals surface area contributed by atoms with Crippen molar-refractivity contribution in [1.29, 1.82) is 0 Å². The van der Waals surface area contributed by atoms with Crippen molar-refractivity contribution >= 4 is 17.4 Å². The van der Waals surface area contributed by atoms with Crippen molar-refractivity contribution < 1.29 is 4.79 Å². The lowest BCUT2D eigenvalue weighted by molar-refractivity contribution is 0.0942. The third-order valence-corrected chi connectivity index (χ3v) is 3.33. The molecule has 1 atom stereocenters. The van der Waals surface area contributed by atoms with Gasteiger partial charge in [-0.25, -0.2) is 0 Å². The Morgan fingerprint density at radius 1 is 1.39 bits per heavy atom. The van der Waals surface area contributed by atoms with E-state index in [2.05, 4.69) is 27.0 Å². The summed E-state index contributed by atoms with van der Waals surface area (Å²) >= 11 is 1.11. The molecule has 2 rings (SSSR count). The van der Waals surface area contributed by atoms with Gasteiger partial charge in [-0.1, -0.05) is 34.8 Å². The fourth-order valence-electron chi connectivity index (χ4n) is 1.66. The van der Waals surface area contributed by atoms with E-state index in [0.29, 0.717) is 4.88 Å². The van der Waals surface area contributed by atoms with E-state index in [1.807, 2.05) is 25.1 Å². The Labute approximate surface area is 110 Å². The Morgan fingerprint density at radius 3 is 2.83 bits per heavy atom. The monoisotopic (exact) mass is 261 g/mol. The fourth-order valence-corrected chi connectivity index (χ4v) is 2.08. The van der Waals surface area contributed by atoms with Gasteiger partial charge in [-0.3, -0.25) is 4.79 Å². The molecule has 1 aromatic heterocycles. The second-order valence-electron chi connectivity index (χ2n) is 4.18. The smallest absolute Gasteiger partial charge is 0.264 e. The van der Waals surface area contributed by atoms with Crippen LogP contribution in [0.3, 0.4) is 0 Å². The molecule has 18 heavy (non-hydrogen) atoms. The van der Waals surface area contributed by atoms with Crippen LogP contribution in [0.2, 0.25) is 0 Å². The third-order valence-electron chi connectivity index (χ3n) is 2.67. The summed E-state index contributed by atoms with van der Waals surface area (Å²) in [5.41, 5.74) is 1.29. The molecule has 1 heterocycles. The number of hydrogen-bond donors (Lipinski definition) is 1. The summed E-state index contributed by atoms with van der Waals surface area (Å²) in [5, 5.41) is 6.60. The molecule has 0 fully saturated rings. The molecule has 0 saturated carbocycles. The van der Waals surface area contributed by atoms with E-state index in [4.69, 9.17) is 0 Å². The average Bonchev–Trinajstić information content (AvgIpc) is 2.91. The van der Waals surface area contributed by atoms with E-state index < -0.39 is 0 Å². The van der Waals surface area contributed by atoms with Crippen LogP contribution in [0.25, 0.3) is 0 Å². The van der Waals surface area contributed by atoms with Gasteiger partial charge in [0.2, 0.25) is 0 Å². The maximum atomic E-state index is 11.7. The van der Waals surface area contributed by atoms with E-state index in [1.165, 1.54) is 11.8 Å². The topological polar surface area (TPSA) is 54.9 Å². The molecule has 94 valence electrons. The molecule has 2 aromatic rings. The number of benzene rings is 1. The van der Waals surface area contributed by atoms with Crippen molar-refractivity contribution in [2.45, 2.75) is 25.8 Å². The van der Waals surface area contributed by atoms with Gasteiger partial charge in [0.05, 0.1) is 6.20 Å². The van der Waals surface area contributed by atoms with Crippen LogP contribution in [0.4, 0.5) is 0 Å². The zero-order chi connectivity index (χ0) is 12.8. The summed E-state index contributed by atoms with van der Waals surface area (Å²) in [6.07, 6.45) is 3.37. The SMILES string of the molecule is CC(CCc1ccccc1)NC(=O)c1cnns1. The van der Waals surface area contributed by atoms with E-state index >= 15 is 0 Å². The number of carbonyl (C=O) groups excluding carboxylic acids is 1. The fraction of sp³-hybridized carbons (Fsp3) is 0.308. The number of nitrogens with one attached hydrogen (secondary N) is 1. The lowest BCUT2D eigenvalue weighted by Gasteiger charge is -2.12. The average molecular weight is 261 g/mol. The van der Waals surface area contributed by atoms with Crippen molar-refractivity contribution in [3.05, 3.63) is 47.0 Å². The molecule has 0 aliphatic carbocycles. The van der Waals surface area contributed by atoms with Crippen LogP contribution in [0.15, 0.2) is 36.5 Å². The number of aromatic nitrogens is 2. The lowest BCUT2D eigenvalue weighted by atomic mass is 10.1. The van der Waals surface area contributed by atoms with E-state index in [1.54, 1.807) is 0 Å². The molecule has 0 aliphatic heterocycles. The Bertz CT molecular complexity index is 484. The van der Waals surface area contributed by atoms with Crippen LogP contribution in [-0.4, -0.2) is 21.5 Å². The maximum absolute atomic E-state index is 11.7. The first kappa shape index (κ1) is 12.7. The number of amides is 1. The van der Waals surface area contributed by atoms with Gasteiger partial charge < -0.3 is 5.32 Å². The molecule has 0 spiro atoms. The number of rotatable bonds is 5. The predicted molar refractivity (Wildman–Crippen MR) is 71.6 cm³/mol. The molecule has 4 nitrogen and oxygen atoms in total. The van der Waals surface area contributed by atoms with Crippen molar-refractivity contribution in [1.82, 2.24) is 14.9 Å². The molecule has 0 saturated heterocycles. The van der Waals surface area contributed by atoms with Crippen LogP contribution >= 0.6 is 11.5 Å². The molecular weight excluding hydrogens is 246 g/mol. The highest BCUT2D eigenvalue weighted by molar-refractivity contribution is 7.07. The summed E-state index contributed by atoms with van der Waals surface area (Å²) in [4.78, 5) is 12.3. The van der Waals surface area contributed by atoms with E-state index in [-0.39, 0.29) is 11.9 Å². The number of aryl methyl sites for hydroxylation is 1. The predicted octanol–water partition coefficient (Wildman–Crippen LogP) is 2.29. The molecule has 1 aromatic carbocycles. The third kappa shape index (κ3) is 3.63. The minimum atomic E-state index is -0.0921. The highest BCUT2D eigenvalue weighted by Crippen LogP contribution is 2.06. The highest BCUT2D eigenvalue weighted by Gasteiger charge is 2.11. The maximum Gasteiger partial charge on any atom is 0.264 e. The minimum absolute atomic E-state index is 0.0921. The van der Waals surface area contributed by atoms with Gasteiger partial charge in [-0.2, -0.15) is 0 Å². The first-order valence-electron chi connectivity index (χ1n) is 5.88. The van der Waals surface area contributed by atoms with Gasteiger partial charge in [0.15, 0.2) is 0 Å². The Balaban J connectivity index is 1.79. The second-order valence-corrected chi connectivity index (χ2v) is 4.97. The van der Waals surface area contributed by atoms with E-state index in [9.17, 15) is 4.79 Å². The molecule has 0 radical (unpaired) electrons. The van der Waals surface area contributed by atoms with Gasteiger partial charge >= 0.3 is 0 Å². The largest absolute Gasteiger partial charge is 0.349 e. The molecule has 0 bridgehead atoms.